The molecule has 0 bridgehead atoms. The molecule has 0 amide bonds. The first kappa shape index (κ1) is 22.4. The molecule has 1 heterocycles. The number of aryl methyl sites for hydroxylation is 2. The monoisotopic (exact) mass is 442 g/mol. The van der Waals surface area contributed by atoms with Gasteiger partial charge in [-0.25, -0.2) is 9.07 Å². The highest BCUT2D eigenvalue weighted by molar-refractivity contribution is 5.96. The third-order valence-electron chi connectivity index (χ3n) is 5.76. The number of anilines is 1. The lowest BCUT2D eigenvalue weighted by molar-refractivity contribution is 0.0984. The first-order chi connectivity index (χ1) is 15.9. The maximum atomic E-state index is 14.7. The van der Waals surface area contributed by atoms with Gasteiger partial charge in [0.05, 0.1) is 17.4 Å². The van der Waals surface area contributed by atoms with Crippen molar-refractivity contribution in [2.75, 3.05) is 5.73 Å². The summed E-state index contributed by atoms with van der Waals surface area (Å²) in [5, 5.41) is 4.51. The normalized spacial score (nSPS) is 12.0. The van der Waals surface area contributed by atoms with Crippen LogP contribution in [-0.4, -0.2) is 15.6 Å². The van der Waals surface area contributed by atoms with Crippen LogP contribution in [0.1, 0.15) is 51.4 Å². The molecular weight excluding hydrogens is 415 g/mol. The van der Waals surface area contributed by atoms with Crippen LogP contribution in [0.15, 0.2) is 72.8 Å². The summed E-state index contributed by atoms with van der Waals surface area (Å²) in [6.45, 7) is 3.91. The van der Waals surface area contributed by atoms with E-state index < -0.39 is 11.9 Å². The molecule has 0 radical (unpaired) electrons. The van der Waals surface area contributed by atoms with Crippen molar-refractivity contribution in [1.82, 2.24) is 9.78 Å². The quantitative estimate of drug-likeness (QED) is 0.314. The van der Waals surface area contributed by atoms with Crippen LogP contribution in [0, 0.1) is 12.7 Å². The number of nitrogen functional groups attached to an aromatic ring is 1. The van der Waals surface area contributed by atoms with Crippen molar-refractivity contribution < 1.29 is 9.18 Å². The van der Waals surface area contributed by atoms with Gasteiger partial charge >= 0.3 is 0 Å². The Morgan fingerprint density at radius 1 is 1.03 bits per heavy atom. The first-order valence-corrected chi connectivity index (χ1v) is 10.9. The van der Waals surface area contributed by atoms with Crippen molar-refractivity contribution in [3.63, 3.8) is 0 Å². The van der Waals surface area contributed by atoms with Gasteiger partial charge in [0.15, 0.2) is 5.78 Å². The fraction of sp³-hybridized carbons (Fsp3) is 0.185. The molecule has 0 fully saturated rings. The van der Waals surface area contributed by atoms with Crippen molar-refractivity contribution in [3.05, 3.63) is 112 Å². The van der Waals surface area contributed by atoms with E-state index in [9.17, 15) is 9.18 Å². The Balaban J connectivity index is 1.63. The average Bonchev–Trinajstić information content (AvgIpc) is 3.22. The molecule has 1 aromatic heterocycles. The van der Waals surface area contributed by atoms with Crippen LogP contribution in [-0.2, 0) is 12.8 Å². The van der Waals surface area contributed by atoms with Crippen LogP contribution in [0.5, 0.6) is 0 Å². The van der Waals surface area contributed by atoms with Gasteiger partial charge in [0, 0.05) is 12.1 Å². The zero-order valence-electron chi connectivity index (χ0n) is 18.8. The van der Waals surface area contributed by atoms with E-state index in [1.165, 1.54) is 6.07 Å². The molecule has 4 rings (SSSR count). The number of nitrogens with two attached hydrogens (primary N) is 2. The second-order valence-electron chi connectivity index (χ2n) is 8.20. The molecule has 1 atom stereocenters. The van der Waals surface area contributed by atoms with Crippen molar-refractivity contribution >= 4 is 11.5 Å². The lowest BCUT2D eigenvalue weighted by atomic mass is 9.95. The van der Waals surface area contributed by atoms with Crippen LogP contribution in [0.2, 0.25) is 0 Å². The summed E-state index contributed by atoms with van der Waals surface area (Å²) in [4.78, 5) is 13.2. The minimum Gasteiger partial charge on any atom is -0.399 e. The van der Waals surface area contributed by atoms with Gasteiger partial charge in [-0.3, -0.25) is 4.79 Å². The predicted octanol–water partition coefficient (Wildman–Crippen LogP) is 4.94. The summed E-state index contributed by atoms with van der Waals surface area (Å²) in [5.74, 6) is -0.651. The molecule has 33 heavy (non-hydrogen) atoms. The van der Waals surface area contributed by atoms with Gasteiger partial charge in [-0.15, -0.1) is 0 Å². The number of rotatable bonds is 7. The number of hydrogen-bond acceptors (Lipinski definition) is 4. The largest absolute Gasteiger partial charge is 0.399 e. The van der Waals surface area contributed by atoms with Crippen LogP contribution in [0.4, 0.5) is 10.1 Å². The Hall–Kier alpha value is -3.77. The van der Waals surface area contributed by atoms with E-state index in [4.69, 9.17) is 11.5 Å². The summed E-state index contributed by atoms with van der Waals surface area (Å²) in [5.41, 5.74) is 17.8. The van der Waals surface area contributed by atoms with Gasteiger partial charge in [0.1, 0.15) is 11.5 Å². The lowest BCUT2D eigenvalue weighted by Gasteiger charge is -2.15. The molecular formula is C27H27FN4O. The van der Waals surface area contributed by atoms with E-state index in [-0.39, 0.29) is 12.2 Å². The summed E-state index contributed by atoms with van der Waals surface area (Å²) in [7, 11) is 0. The highest BCUT2D eigenvalue weighted by Crippen LogP contribution is 2.24. The number of benzene rings is 3. The number of carbonyl (C=O) groups excluding carboxylic acids is 1. The van der Waals surface area contributed by atoms with E-state index in [0.717, 1.165) is 34.5 Å². The van der Waals surface area contributed by atoms with E-state index in [2.05, 4.69) is 12.0 Å². The third kappa shape index (κ3) is 4.86. The van der Waals surface area contributed by atoms with Crippen LogP contribution in [0.3, 0.4) is 0 Å². The van der Waals surface area contributed by atoms with E-state index >= 15 is 0 Å². The molecule has 6 heteroatoms. The van der Waals surface area contributed by atoms with Gasteiger partial charge in [0.25, 0.3) is 0 Å². The molecule has 0 spiro atoms. The molecule has 4 aromatic rings. The number of carbonyl (C=O) groups is 1. The van der Waals surface area contributed by atoms with Gasteiger partial charge < -0.3 is 11.5 Å². The summed E-state index contributed by atoms with van der Waals surface area (Å²) < 4.78 is 16.3. The third-order valence-corrected chi connectivity index (χ3v) is 5.76. The predicted molar refractivity (Wildman–Crippen MR) is 129 cm³/mol. The van der Waals surface area contributed by atoms with Gasteiger partial charge in [-0.1, -0.05) is 43.3 Å². The Morgan fingerprint density at radius 3 is 2.48 bits per heavy atom. The van der Waals surface area contributed by atoms with E-state index in [0.29, 0.717) is 16.9 Å². The average molecular weight is 443 g/mol. The SMILES string of the molecule is CCc1cccc(-n2nc(C)cc2C(=O)Cc2cc(C(N)c3ccc(N)cc3)ccc2F)c1. The minimum atomic E-state index is -0.454. The fourth-order valence-electron chi connectivity index (χ4n) is 3.89. The molecule has 0 saturated heterocycles. The maximum Gasteiger partial charge on any atom is 0.185 e. The van der Waals surface area contributed by atoms with Crippen molar-refractivity contribution in [2.45, 2.75) is 32.7 Å². The molecule has 0 aliphatic rings. The first-order valence-electron chi connectivity index (χ1n) is 10.9. The van der Waals surface area contributed by atoms with Crippen molar-refractivity contribution in [2.24, 2.45) is 5.73 Å². The van der Waals surface area contributed by atoms with Crippen LogP contribution < -0.4 is 11.5 Å². The lowest BCUT2D eigenvalue weighted by Crippen LogP contribution is -2.15. The molecule has 5 nitrogen and oxygen atoms in total. The van der Waals surface area contributed by atoms with Crippen molar-refractivity contribution in [3.8, 4) is 5.69 Å². The zero-order valence-corrected chi connectivity index (χ0v) is 18.8. The highest BCUT2D eigenvalue weighted by atomic mass is 19.1. The number of aromatic nitrogens is 2. The topological polar surface area (TPSA) is 86.9 Å². The highest BCUT2D eigenvalue weighted by Gasteiger charge is 2.19. The molecule has 1 unspecified atom stereocenters. The smallest absolute Gasteiger partial charge is 0.185 e. The molecule has 4 N–H and O–H groups in total. The zero-order chi connectivity index (χ0) is 23.5. The molecule has 3 aromatic carbocycles. The minimum absolute atomic E-state index is 0.0905. The van der Waals surface area contributed by atoms with Crippen LogP contribution in [0.25, 0.3) is 5.69 Å². The molecule has 0 saturated carbocycles. The number of ketones is 1. The Kier molecular flexibility index (Phi) is 6.38. The summed E-state index contributed by atoms with van der Waals surface area (Å²) in [6.07, 6.45) is 0.788. The fourth-order valence-corrected chi connectivity index (χ4v) is 3.89. The van der Waals surface area contributed by atoms with Gasteiger partial charge in [0.2, 0.25) is 0 Å². The molecule has 168 valence electrons. The standard InChI is InChI=1S/C27H27FN4O/c1-3-18-5-4-6-23(14-18)32-25(13-17(2)31-32)26(33)16-21-15-20(9-12-24(21)28)27(30)19-7-10-22(29)11-8-19/h4-15,27H,3,16,29-30H2,1-2H3. The number of halogens is 1. The second-order valence-corrected chi connectivity index (χ2v) is 8.20. The van der Waals surface area contributed by atoms with E-state index in [1.54, 1.807) is 35.0 Å². The van der Waals surface area contributed by atoms with E-state index in [1.807, 2.05) is 43.3 Å². The second kappa shape index (κ2) is 9.38. The number of Topliss-reactive ketones (excluding diaryl/α,β-unsaturated/α-hetero) is 1. The Labute approximate surface area is 192 Å². The molecule has 0 aliphatic heterocycles. The Bertz CT molecular complexity index is 1290. The van der Waals surface area contributed by atoms with Gasteiger partial charge in [-0.2, -0.15) is 5.10 Å². The van der Waals surface area contributed by atoms with Gasteiger partial charge in [-0.05, 0) is 72.0 Å². The Morgan fingerprint density at radius 2 is 1.76 bits per heavy atom. The number of nitrogens with zero attached hydrogens (tertiary/aromatic N) is 2. The summed E-state index contributed by atoms with van der Waals surface area (Å²) >= 11 is 0. The van der Waals surface area contributed by atoms with Crippen molar-refractivity contribution in [1.29, 1.82) is 0 Å². The number of hydrogen-bond donors (Lipinski definition) is 2. The maximum absolute atomic E-state index is 14.7. The molecule has 0 aliphatic carbocycles. The summed E-state index contributed by atoms with van der Waals surface area (Å²) in [6, 6.07) is 21.1. The van der Waals surface area contributed by atoms with Crippen LogP contribution >= 0.6 is 0 Å².